The number of fused-ring (bicyclic) bond motifs is 2. The molecular weight excluding hydrogens is 330 g/mol. The van der Waals surface area contributed by atoms with Gasteiger partial charge in [-0.3, -0.25) is 0 Å². The van der Waals surface area contributed by atoms with Crippen molar-refractivity contribution in [2.45, 2.75) is 13.8 Å². The zero-order valence-electron chi connectivity index (χ0n) is 14.7. The Labute approximate surface area is 149 Å². The third-order valence-electron chi connectivity index (χ3n) is 4.46. The van der Waals surface area contributed by atoms with Crippen LogP contribution in [0.15, 0.2) is 46.9 Å². The number of carboxylic acid groups (broad SMARTS) is 1. The average Bonchev–Trinajstić information content (AvgIpc) is 3.03. The molecule has 0 spiro atoms. The first-order chi connectivity index (χ1) is 12.5. The van der Waals surface area contributed by atoms with Gasteiger partial charge in [0.1, 0.15) is 17.0 Å². The molecule has 26 heavy (non-hydrogen) atoms. The molecule has 2 aromatic carbocycles. The summed E-state index contributed by atoms with van der Waals surface area (Å²) in [6.45, 7) is 3.87. The number of ether oxygens (including phenoxy) is 1. The molecule has 0 aliphatic carbocycles. The summed E-state index contributed by atoms with van der Waals surface area (Å²) >= 11 is 0. The van der Waals surface area contributed by atoms with Gasteiger partial charge in [-0.15, -0.1) is 0 Å². The molecule has 0 aliphatic heterocycles. The van der Waals surface area contributed by atoms with Crippen molar-refractivity contribution in [3.8, 4) is 17.2 Å². The molecule has 0 bridgehead atoms. The SMILES string of the molecule is COc1ccc2cc(-c3cc(C(=O)O)c4cc(C)cc(C)c4n3)oc2c1. The topological polar surface area (TPSA) is 72.6 Å². The van der Waals surface area contributed by atoms with Gasteiger partial charge in [0.25, 0.3) is 0 Å². The number of methoxy groups -OCH3 is 1. The first kappa shape index (κ1) is 16.1. The maximum Gasteiger partial charge on any atom is 0.336 e. The number of aromatic carboxylic acids is 1. The number of hydrogen-bond acceptors (Lipinski definition) is 4. The van der Waals surface area contributed by atoms with Crippen molar-refractivity contribution in [3.05, 3.63) is 59.2 Å². The monoisotopic (exact) mass is 347 g/mol. The summed E-state index contributed by atoms with van der Waals surface area (Å²) in [7, 11) is 1.60. The van der Waals surface area contributed by atoms with Gasteiger partial charge in [0.2, 0.25) is 0 Å². The fourth-order valence-corrected chi connectivity index (χ4v) is 3.25. The van der Waals surface area contributed by atoms with Gasteiger partial charge >= 0.3 is 5.97 Å². The molecule has 0 fully saturated rings. The molecular formula is C21H17NO4. The molecule has 0 saturated heterocycles. The van der Waals surface area contributed by atoms with E-state index in [2.05, 4.69) is 4.98 Å². The van der Waals surface area contributed by atoms with Gasteiger partial charge < -0.3 is 14.3 Å². The second-order valence-electron chi connectivity index (χ2n) is 6.35. The van der Waals surface area contributed by atoms with E-state index >= 15 is 0 Å². The molecule has 130 valence electrons. The van der Waals surface area contributed by atoms with Gasteiger partial charge in [0.15, 0.2) is 5.76 Å². The van der Waals surface area contributed by atoms with Crippen molar-refractivity contribution in [1.29, 1.82) is 0 Å². The minimum Gasteiger partial charge on any atom is -0.497 e. The van der Waals surface area contributed by atoms with E-state index < -0.39 is 5.97 Å². The molecule has 2 heterocycles. The maximum absolute atomic E-state index is 11.8. The number of aromatic nitrogens is 1. The highest BCUT2D eigenvalue weighted by atomic mass is 16.5. The third-order valence-corrected chi connectivity index (χ3v) is 4.46. The molecule has 0 unspecified atom stereocenters. The minimum atomic E-state index is -0.985. The van der Waals surface area contributed by atoms with Crippen LogP contribution in [-0.4, -0.2) is 23.2 Å². The van der Waals surface area contributed by atoms with Crippen LogP contribution in [0.2, 0.25) is 0 Å². The number of nitrogens with zero attached hydrogens (tertiary/aromatic N) is 1. The summed E-state index contributed by atoms with van der Waals surface area (Å²) < 4.78 is 11.1. The van der Waals surface area contributed by atoms with Crippen molar-refractivity contribution in [2.24, 2.45) is 0 Å². The Kier molecular flexibility index (Phi) is 3.65. The number of benzene rings is 2. The van der Waals surface area contributed by atoms with Crippen LogP contribution >= 0.6 is 0 Å². The Morgan fingerprint density at radius 2 is 1.92 bits per heavy atom. The second kappa shape index (κ2) is 5.88. The first-order valence-corrected chi connectivity index (χ1v) is 8.19. The maximum atomic E-state index is 11.8. The van der Waals surface area contributed by atoms with Crippen molar-refractivity contribution in [2.75, 3.05) is 7.11 Å². The molecule has 0 radical (unpaired) electrons. The van der Waals surface area contributed by atoms with Crippen LogP contribution in [0.1, 0.15) is 21.5 Å². The van der Waals surface area contributed by atoms with Crippen LogP contribution in [0.4, 0.5) is 0 Å². The molecule has 4 aromatic rings. The van der Waals surface area contributed by atoms with Crippen LogP contribution in [0.3, 0.4) is 0 Å². The second-order valence-corrected chi connectivity index (χ2v) is 6.35. The average molecular weight is 347 g/mol. The summed E-state index contributed by atoms with van der Waals surface area (Å²) in [5, 5.41) is 11.2. The Bertz CT molecular complexity index is 1170. The van der Waals surface area contributed by atoms with Crippen LogP contribution in [0, 0.1) is 13.8 Å². The Morgan fingerprint density at radius 3 is 2.65 bits per heavy atom. The van der Waals surface area contributed by atoms with Crippen LogP contribution in [0.5, 0.6) is 5.75 Å². The predicted molar refractivity (Wildman–Crippen MR) is 99.9 cm³/mol. The smallest absolute Gasteiger partial charge is 0.336 e. The summed E-state index contributed by atoms with van der Waals surface area (Å²) in [6.07, 6.45) is 0. The Morgan fingerprint density at radius 1 is 1.12 bits per heavy atom. The van der Waals surface area contributed by atoms with E-state index in [1.807, 2.05) is 44.2 Å². The van der Waals surface area contributed by atoms with Crippen molar-refractivity contribution in [1.82, 2.24) is 4.98 Å². The van der Waals surface area contributed by atoms with Crippen LogP contribution in [-0.2, 0) is 0 Å². The molecule has 0 aliphatic rings. The number of rotatable bonds is 3. The molecule has 0 saturated carbocycles. The van der Waals surface area contributed by atoms with E-state index in [9.17, 15) is 9.90 Å². The quantitative estimate of drug-likeness (QED) is 0.566. The van der Waals surface area contributed by atoms with E-state index in [0.717, 1.165) is 16.5 Å². The lowest BCUT2D eigenvalue weighted by atomic mass is 10.0. The molecule has 5 heteroatoms. The number of hydrogen-bond donors (Lipinski definition) is 1. The standard InChI is InChI=1S/C21H17NO4/c1-11-6-12(2)20-15(7-11)16(21(23)24)10-17(22-20)19-8-13-4-5-14(25-3)9-18(13)26-19/h4-10H,1-3H3,(H,23,24). The van der Waals surface area contributed by atoms with Gasteiger partial charge in [0.05, 0.1) is 18.2 Å². The zero-order chi connectivity index (χ0) is 18.4. The molecule has 0 amide bonds. The van der Waals surface area contributed by atoms with E-state index in [-0.39, 0.29) is 5.56 Å². The first-order valence-electron chi connectivity index (χ1n) is 8.19. The lowest BCUT2D eigenvalue weighted by Gasteiger charge is -2.09. The van der Waals surface area contributed by atoms with E-state index in [0.29, 0.717) is 33.7 Å². The number of carboxylic acids is 1. The minimum absolute atomic E-state index is 0.217. The van der Waals surface area contributed by atoms with Crippen molar-refractivity contribution >= 4 is 27.8 Å². The van der Waals surface area contributed by atoms with Crippen LogP contribution in [0.25, 0.3) is 33.3 Å². The van der Waals surface area contributed by atoms with E-state index in [4.69, 9.17) is 9.15 Å². The zero-order valence-corrected chi connectivity index (χ0v) is 14.7. The van der Waals surface area contributed by atoms with Gasteiger partial charge in [0, 0.05) is 16.8 Å². The summed E-state index contributed by atoms with van der Waals surface area (Å²) in [6, 6.07) is 12.8. The van der Waals surface area contributed by atoms with E-state index in [1.54, 1.807) is 19.2 Å². The lowest BCUT2D eigenvalue weighted by molar-refractivity contribution is 0.0699. The highest BCUT2D eigenvalue weighted by Crippen LogP contribution is 2.32. The highest BCUT2D eigenvalue weighted by molar-refractivity contribution is 6.04. The Balaban J connectivity index is 1.98. The van der Waals surface area contributed by atoms with Gasteiger partial charge in [-0.1, -0.05) is 11.6 Å². The molecule has 0 atom stereocenters. The molecule has 1 N–H and O–H groups in total. The van der Waals surface area contributed by atoms with Gasteiger partial charge in [-0.05, 0) is 49.7 Å². The molecule has 4 rings (SSSR count). The fourth-order valence-electron chi connectivity index (χ4n) is 3.25. The highest BCUT2D eigenvalue weighted by Gasteiger charge is 2.17. The summed E-state index contributed by atoms with van der Waals surface area (Å²) in [5.41, 5.74) is 3.99. The number of carbonyl (C=O) groups is 1. The number of pyridine rings is 1. The lowest BCUT2D eigenvalue weighted by Crippen LogP contribution is -2.01. The molecule has 2 aromatic heterocycles. The largest absolute Gasteiger partial charge is 0.497 e. The summed E-state index contributed by atoms with van der Waals surface area (Å²) in [4.78, 5) is 16.5. The van der Waals surface area contributed by atoms with E-state index in [1.165, 1.54) is 0 Å². The van der Waals surface area contributed by atoms with Gasteiger partial charge in [-0.25, -0.2) is 9.78 Å². The normalized spacial score (nSPS) is 11.2. The summed E-state index contributed by atoms with van der Waals surface area (Å²) in [5.74, 6) is 0.237. The third kappa shape index (κ3) is 2.58. The fraction of sp³-hybridized carbons (Fsp3) is 0.143. The van der Waals surface area contributed by atoms with Crippen molar-refractivity contribution in [3.63, 3.8) is 0 Å². The molecule has 5 nitrogen and oxygen atoms in total. The number of furan rings is 1. The number of aryl methyl sites for hydroxylation is 2. The predicted octanol–water partition coefficient (Wildman–Crippen LogP) is 4.97. The Hall–Kier alpha value is -3.34. The van der Waals surface area contributed by atoms with Crippen LogP contribution < -0.4 is 4.74 Å². The van der Waals surface area contributed by atoms with Crippen molar-refractivity contribution < 1.29 is 19.1 Å². The van der Waals surface area contributed by atoms with Gasteiger partial charge in [-0.2, -0.15) is 0 Å².